The number of anilines is 1. The first kappa shape index (κ1) is 23.0. The highest BCUT2D eigenvalue weighted by molar-refractivity contribution is 7.89. The van der Waals surface area contributed by atoms with Crippen LogP contribution >= 0.6 is 11.6 Å². The van der Waals surface area contributed by atoms with Crippen LogP contribution in [-0.4, -0.2) is 19.4 Å². The Balaban J connectivity index is 1.95. The lowest BCUT2D eigenvalue weighted by Crippen LogP contribution is -2.17. The zero-order valence-electron chi connectivity index (χ0n) is 17.1. The van der Waals surface area contributed by atoms with Crippen molar-refractivity contribution >= 4 is 33.2 Å². The monoisotopic (exact) mass is 458 g/mol. The summed E-state index contributed by atoms with van der Waals surface area (Å²) in [4.78, 5) is 12.3. The highest BCUT2D eigenvalue weighted by Crippen LogP contribution is 2.32. The molecule has 0 spiro atoms. The smallest absolute Gasteiger partial charge is 0.238 e. The Morgan fingerprint density at radius 3 is 2.42 bits per heavy atom. The van der Waals surface area contributed by atoms with Gasteiger partial charge in [0.15, 0.2) is 0 Å². The topological polar surface area (TPSA) is 109 Å². The quantitative estimate of drug-likeness (QED) is 0.517. The van der Waals surface area contributed by atoms with Gasteiger partial charge in [-0.25, -0.2) is 13.6 Å². The van der Waals surface area contributed by atoms with Crippen LogP contribution < -0.4 is 10.5 Å². The number of halogens is 1. The van der Waals surface area contributed by atoms with E-state index in [4.69, 9.17) is 16.7 Å². The summed E-state index contributed by atoms with van der Waals surface area (Å²) in [5.41, 5.74) is 1.44. The number of benzene rings is 3. The van der Waals surface area contributed by atoms with Crippen molar-refractivity contribution in [2.75, 3.05) is 5.32 Å². The summed E-state index contributed by atoms with van der Waals surface area (Å²) in [5, 5.41) is 18.9. The second-order valence-corrected chi connectivity index (χ2v) is 9.65. The van der Waals surface area contributed by atoms with E-state index in [0.717, 1.165) is 0 Å². The van der Waals surface area contributed by atoms with Gasteiger partial charge in [-0.1, -0.05) is 54.1 Å². The predicted octanol–water partition coefficient (Wildman–Crippen LogP) is 4.06. The average Bonchev–Trinajstić information content (AvgIpc) is 2.68. The molecule has 0 unspecified atom stereocenters. The molecule has 0 radical (unpaired) electrons. The molecule has 0 heterocycles. The molecule has 4 N–H and O–H groups in total. The fourth-order valence-corrected chi connectivity index (χ4v) is 4.15. The minimum atomic E-state index is -4.09. The van der Waals surface area contributed by atoms with Crippen LogP contribution in [0.15, 0.2) is 71.6 Å². The molecule has 0 fully saturated rings. The normalized spacial score (nSPS) is 11.9. The Hall–Kier alpha value is -2.71. The number of amides is 1. The molecule has 6 nitrogen and oxygen atoms in total. The maximum absolute atomic E-state index is 12.4. The molecule has 0 saturated heterocycles. The van der Waals surface area contributed by atoms with Crippen molar-refractivity contribution in [3.63, 3.8) is 0 Å². The van der Waals surface area contributed by atoms with Crippen molar-refractivity contribution in [1.29, 1.82) is 0 Å². The zero-order valence-corrected chi connectivity index (χ0v) is 18.7. The second kappa shape index (κ2) is 8.80. The number of carbonyl (C=O) groups excluding carboxylic acids is 1. The van der Waals surface area contributed by atoms with Gasteiger partial charge in [-0.15, -0.1) is 0 Å². The van der Waals surface area contributed by atoms with E-state index in [1.807, 2.05) is 0 Å². The van der Waals surface area contributed by atoms with Gasteiger partial charge in [0.1, 0.15) is 0 Å². The van der Waals surface area contributed by atoms with Gasteiger partial charge in [0.2, 0.25) is 15.9 Å². The SMILES string of the molecule is CC(C)(O)c1cccc(-c2ccc(NC(=O)Cc3ccccc3Cl)cc2S(N)(=O)=O)c1. The van der Waals surface area contributed by atoms with E-state index < -0.39 is 15.6 Å². The van der Waals surface area contributed by atoms with Crippen molar-refractivity contribution in [2.45, 2.75) is 30.8 Å². The van der Waals surface area contributed by atoms with E-state index >= 15 is 0 Å². The molecule has 3 aromatic rings. The molecule has 0 saturated carbocycles. The molecule has 8 heteroatoms. The number of hydrogen-bond donors (Lipinski definition) is 3. The molecule has 0 aliphatic heterocycles. The van der Waals surface area contributed by atoms with Crippen molar-refractivity contribution in [1.82, 2.24) is 0 Å². The predicted molar refractivity (Wildman–Crippen MR) is 122 cm³/mol. The summed E-state index contributed by atoms with van der Waals surface area (Å²) in [6.45, 7) is 3.29. The van der Waals surface area contributed by atoms with Crippen LogP contribution in [0.25, 0.3) is 11.1 Å². The standard InChI is InChI=1S/C23H23ClN2O4S/c1-23(2,28)17-8-5-7-15(12-17)19-11-10-18(14-21(19)31(25,29)30)26-22(27)13-16-6-3-4-9-20(16)24/h3-12,14,28H,13H2,1-2H3,(H,26,27)(H2,25,29,30). The van der Waals surface area contributed by atoms with Crippen molar-refractivity contribution in [3.05, 3.63) is 82.9 Å². The van der Waals surface area contributed by atoms with E-state index in [9.17, 15) is 18.3 Å². The van der Waals surface area contributed by atoms with Crippen molar-refractivity contribution < 1.29 is 18.3 Å². The third kappa shape index (κ3) is 5.71. The first-order chi connectivity index (χ1) is 14.4. The first-order valence-electron chi connectivity index (χ1n) is 9.48. The van der Waals surface area contributed by atoms with Gasteiger partial charge in [0, 0.05) is 16.3 Å². The molecule has 31 heavy (non-hydrogen) atoms. The number of aliphatic hydroxyl groups is 1. The Labute approximate surface area is 186 Å². The number of rotatable bonds is 6. The number of sulfonamides is 1. The van der Waals surface area contributed by atoms with Crippen LogP contribution in [-0.2, 0) is 26.8 Å². The maximum Gasteiger partial charge on any atom is 0.238 e. The molecule has 0 bridgehead atoms. The van der Waals surface area contributed by atoms with Crippen molar-refractivity contribution in [3.8, 4) is 11.1 Å². The highest BCUT2D eigenvalue weighted by Gasteiger charge is 2.20. The van der Waals surface area contributed by atoms with Crippen LogP contribution in [0.2, 0.25) is 5.02 Å². The summed E-state index contributed by atoms with van der Waals surface area (Å²) in [6.07, 6.45) is 0.0414. The first-order valence-corrected chi connectivity index (χ1v) is 11.4. The summed E-state index contributed by atoms with van der Waals surface area (Å²) in [6, 6.07) is 18.4. The van der Waals surface area contributed by atoms with Crippen molar-refractivity contribution in [2.24, 2.45) is 5.14 Å². The van der Waals surface area contributed by atoms with Gasteiger partial charge in [0.25, 0.3) is 0 Å². The summed E-state index contributed by atoms with van der Waals surface area (Å²) >= 11 is 6.10. The Morgan fingerprint density at radius 1 is 1.06 bits per heavy atom. The number of carbonyl (C=O) groups is 1. The summed E-state index contributed by atoms with van der Waals surface area (Å²) in [5.74, 6) is -0.342. The van der Waals surface area contributed by atoms with Crippen LogP contribution in [0.5, 0.6) is 0 Å². The minimum Gasteiger partial charge on any atom is -0.386 e. The summed E-state index contributed by atoms with van der Waals surface area (Å²) < 4.78 is 24.6. The highest BCUT2D eigenvalue weighted by atomic mass is 35.5. The second-order valence-electron chi connectivity index (χ2n) is 7.71. The molecule has 162 valence electrons. The van der Waals surface area contributed by atoms with Gasteiger partial charge >= 0.3 is 0 Å². The van der Waals surface area contributed by atoms with E-state index in [1.54, 1.807) is 74.5 Å². The van der Waals surface area contributed by atoms with Crippen LogP contribution in [0.1, 0.15) is 25.0 Å². The molecular weight excluding hydrogens is 436 g/mol. The zero-order chi connectivity index (χ0) is 22.8. The molecule has 0 atom stereocenters. The minimum absolute atomic E-state index is 0.0414. The van der Waals surface area contributed by atoms with E-state index in [2.05, 4.69) is 5.32 Å². The number of nitrogens with one attached hydrogen (secondary N) is 1. The molecule has 0 aliphatic carbocycles. The molecule has 0 aromatic heterocycles. The van der Waals surface area contributed by atoms with E-state index in [1.165, 1.54) is 6.07 Å². The maximum atomic E-state index is 12.4. The van der Waals surface area contributed by atoms with Crippen LogP contribution in [0.4, 0.5) is 5.69 Å². The third-order valence-electron chi connectivity index (χ3n) is 4.76. The fraction of sp³-hybridized carbons (Fsp3) is 0.174. The van der Waals surface area contributed by atoms with Gasteiger partial charge in [-0.2, -0.15) is 0 Å². The number of primary sulfonamides is 1. The fourth-order valence-electron chi connectivity index (χ4n) is 3.16. The lowest BCUT2D eigenvalue weighted by molar-refractivity contribution is -0.115. The van der Waals surface area contributed by atoms with Gasteiger partial charge < -0.3 is 10.4 Å². The largest absolute Gasteiger partial charge is 0.386 e. The average molecular weight is 459 g/mol. The van der Waals surface area contributed by atoms with Crippen LogP contribution in [0.3, 0.4) is 0 Å². The molecule has 3 aromatic carbocycles. The lowest BCUT2D eigenvalue weighted by Gasteiger charge is -2.19. The Bertz CT molecular complexity index is 1230. The number of nitrogens with two attached hydrogens (primary N) is 1. The third-order valence-corrected chi connectivity index (χ3v) is 6.08. The van der Waals surface area contributed by atoms with E-state index in [-0.39, 0.29) is 17.2 Å². The molecule has 3 rings (SSSR count). The van der Waals surface area contributed by atoms with Gasteiger partial charge in [0.05, 0.1) is 16.9 Å². The molecule has 0 aliphatic rings. The Kier molecular flexibility index (Phi) is 6.52. The van der Waals surface area contributed by atoms with E-state index in [0.29, 0.717) is 33.0 Å². The molecular formula is C23H23ClN2O4S. The number of hydrogen-bond acceptors (Lipinski definition) is 4. The van der Waals surface area contributed by atoms with Gasteiger partial charge in [-0.3, -0.25) is 4.79 Å². The van der Waals surface area contributed by atoms with Gasteiger partial charge in [-0.05, 0) is 54.8 Å². The van der Waals surface area contributed by atoms with Crippen LogP contribution in [0, 0.1) is 0 Å². The lowest BCUT2D eigenvalue weighted by atomic mass is 9.94. The summed E-state index contributed by atoms with van der Waals surface area (Å²) in [7, 11) is -4.09. The molecule has 1 amide bonds. The Morgan fingerprint density at radius 2 is 1.77 bits per heavy atom.